The van der Waals surface area contributed by atoms with Crippen molar-refractivity contribution < 1.29 is 14.0 Å². The van der Waals surface area contributed by atoms with Gasteiger partial charge in [-0.1, -0.05) is 30.3 Å². The van der Waals surface area contributed by atoms with Crippen LogP contribution >= 0.6 is 0 Å². The molecule has 0 saturated heterocycles. The van der Waals surface area contributed by atoms with Crippen LogP contribution in [0.2, 0.25) is 0 Å². The van der Waals surface area contributed by atoms with Crippen LogP contribution in [0.1, 0.15) is 31.2 Å². The van der Waals surface area contributed by atoms with E-state index in [1.165, 1.54) is 5.56 Å². The number of benzene rings is 1. The van der Waals surface area contributed by atoms with E-state index in [-0.39, 0.29) is 5.97 Å². The van der Waals surface area contributed by atoms with Gasteiger partial charge in [-0.2, -0.15) is 0 Å². The molecule has 0 aliphatic heterocycles. The third kappa shape index (κ3) is 8.70. The van der Waals surface area contributed by atoms with E-state index in [0.29, 0.717) is 13.0 Å². The predicted molar refractivity (Wildman–Crippen MR) is 82.5 cm³/mol. The van der Waals surface area contributed by atoms with E-state index in [1.54, 1.807) is 0 Å². The molecule has 0 spiro atoms. The lowest BCUT2D eigenvalue weighted by Crippen LogP contribution is -2.35. The largest absolute Gasteiger partial charge is 0.465 e. The molecule has 1 aromatic carbocycles. The summed E-state index contributed by atoms with van der Waals surface area (Å²) in [5, 5.41) is 0. The van der Waals surface area contributed by atoms with Gasteiger partial charge in [-0.05, 0) is 24.8 Å². The lowest BCUT2D eigenvalue weighted by molar-refractivity contribution is -0.870. The average Bonchev–Trinajstić information content (AvgIpc) is 2.40. The highest BCUT2D eigenvalue weighted by atomic mass is 16.5. The highest BCUT2D eigenvalue weighted by Gasteiger charge is 2.07. The standard InChI is InChI=1S/C17H28NO2/c1-18(2,3)14-9-15-20-17(19)13-8-7-12-16-10-5-4-6-11-16/h4-6,10-11H,7-9,12-15H2,1-3H3/q+1. The molecule has 20 heavy (non-hydrogen) atoms. The van der Waals surface area contributed by atoms with Gasteiger partial charge in [-0.25, -0.2) is 0 Å². The van der Waals surface area contributed by atoms with Crippen molar-refractivity contribution >= 4 is 5.97 Å². The quantitative estimate of drug-likeness (QED) is 0.394. The molecule has 0 heterocycles. The smallest absolute Gasteiger partial charge is 0.305 e. The maximum Gasteiger partial charge on any atom is 0.305 e. The summed E-state index contributed by atoms with van der Waals surface area (Å²) >= 11 is 0. The number of aryl methyl sites for hydroxylation is 1. The Balaban J connectivity index is 2.00. The van der Waals surface area contributed by atoms with Crippen molar-refractivity contribution in [2.24, 2.45) is 0 Å². The second-order valence-corrected chi connectivity index (χ2v) is 6.28. The maximum atomic E-state index is 11.6. The van der Waals surface area contributed by atoms with Gasteiger partial charge in [0, 0.05) is 12.8 Å². The number of carbonyl (C=O) groups excluding carboxylic acids is 1. The second kappa shape index (κ2) is 8.75. The summed E-state index contributed by atoms with van der Waals surface area (Å²) in [6.07, 6.45) is 4.45. The van der Waals surface area contributed by atoms with Gasteiger partial charge in [0.05, 0.1) is 34.3 Å². The minimum Gasteiger partial charge on any atom is -0.465 e. The van der Waals surface area contributed by atoms with Crippen molar-refractivity contribution in [1.82, 2.24) is 0 Å². The van der Waals surface area contributed by atoms with Crippen LogP contribution in [0.5, 0.6) is 0 Å². The normalized spacial score (nSPS) is 11.3. The van der Waals surface area contributed by atoms with E-state index < -0.39 is 0 Å². The number of nitrogens with zero attached hydrogens (tertiary/aromatic N) is 1. The van der Waals surface area contributed by atoms with E-state index in [4.69, 9.17) is 4.74 Å². The molecule has 0 bridgehead atoms. The van der Waals surface area contributed by atoms with Gasteiger partial charge < -0.3 is 9.22 Å². The lowest BCUT2D eigenvalue weighted by Gasteiger charge is -2.23. The second-order valence-electron chi connectivity index (χ2n) is 6.28. The molecular formula is C17H28NO2+. The Morgan fingerprint density at radius 1 is 1.05 bits per heavy atom. The van der Waals surface area contributed by atoms with Gasteiger partial charge in [-0.15, -0.1) is 0 Å². The minimum absolute atomic E-state index is 0.0560. The predicted octanol–water partition coefficient (Wildman–Crippen LogP) is 3.04. The number of unbranched alkanes of at least 4 members (excludes halogenated alkanes) is 1. The van der Waals surface area contributed by atoms with Crippen molar-refractivity contribution in [3.63, 3.8) is 0 Å². The van der Waals surface area contributed by atoms with Crippen LogP contribution < -0.4 is 0 Å². The number of hydrogen-bond donors (Lipinski definition) is 0. The van der Waals surface area contributed by atoms with Crippen molar-refractivity contribution in [3.8, 4) is 0 Å². The number of hydrogen-bond acceptors (Lipinski definition) is 2. The maximum absolute atomic E-state index is 11.6. The van der Waals surface area contributed by atoms with Crippen LogP contribution in [0.25, 0.3) is 0 Å². The molecule has 0 saturated carbocycles. The van der Waals surface area contributed by atoms with Gasteiger partial charge in [0.1, 0.15) is 0 Å². The molecule has 0 aliphatic rings. The first kappa shape index (κ1) is 16.7. The van der Waals surface area contributed by atoms with Crippen molar-refractivity contribution in [2.45, 2.75) is 32.1 Å². The van der Waals surface area contributed by atoms with Gasteiger partial charge in [0.25, 0.3) is 0 Å². The van der Waals surface area contributed by atoms with Crippen LogP contribution in [-0.4, -0.2) is 44.7 Å². The van der Waals surface area contributed by atoms with E-state index in [2.05, 4.69) is 45.4 Å². The molecule has 0 radical (unpaired) electrons. The summed E-state index contributed by atoms with van der Waals surface area (Å²) in [5.74, 6) is -0.0560. The third-order valence-corrected chi connectivity index (χ3v) is 3.18. The summed E-state index contributed by atoms with van der Waals surface area (Å²) < 4.78 is 6.15. The number of ether oxygens (including phenoxy) is 1. The van der Waals surface area contributed by atoms with Crippen LogP contribution in [-0.2, 0) is 16.0 Å². The summed E-state index contributed by atoms with van der Waals surface area (Å²) in [6, 6.07) is 10.4. The number of quaternary nitrogens is 1. The Morgan fingerprint density at radius 2 is 1.75 bits per heavy atom. The van der Waals surface area contributed by atoms with Crippen LogP contribution in [0.4, 0.5) is 0 Å². The molecule has 0 amide bonds. The molecule has 112 valence electrons. The number of esters is 1. The Hall–Kier alpha value is -1.35. The van der Waals surface area contributed by atoms with Gasteiger partial charge in [0.2, 0.25) is 0 Å². The highest BCUT2D eigenvalue weighted by molar-refractivity contribution is 5.69. The molecule has 0 aliphatic carbocycles. The summed E-state index contributed by atoms with van der Waals surface area (Å²) in [6.45, 7) is 1.58. The number of rotatable bonds is 9. The van der Waals surface area contributed by atoms with E-state index in [0.717, 1.165) is 36.7 Å². The van der Waals surface area contributed by atoms with E-state index in [9.17, 15) is 4.79 Å². The Bertz CT molecular complexity index is 382. The van der Waals surface area contributed by atoms with Crippen LogP contribution in [0.15, 0.2) is 30.3 Å². The molecule has 0 unspecified atom stereocenters. The van der Waals surface area contributed by atoms with Gasteiger partial charge in [0.15, 0.2) is 0 Å². The number of carbonyl (C=O) groups is 1. The summed E-state index contributed by atoms with van der Waals surface area (Å²) in [5.41, 5.74) is 1.34. The molecule has 3 nitrogen and oxygen atoms in total. The first-order valence-electron chi connectivity index (χ1n) is 7.47. The van der Waals surface area contributed by atoms with E-state index >= 15 is 0 Å². The Morgan fingerprint density at radius 3 is 2.40 bits per heavy atom. The first-order valence-corrected chi connectivity index (χ1v) is 7.47. The Labute approximate surface area is 123 Å². The van der Waals surface area contributed by atoms with E-state index in [1.807, 2.05) is 6.07 Å². The lowest BCUT2D eigenvalue weighted by atomic mass is 10.1. The van der Waals surface area contributed by atoms with Gasteiger partial charge in [-0.3, -0.25) is 4.79 Å². The van der Waals surface area contributed by atoms with Crippen molar-refractivity contribution in [3.05, 3.63) is 35.9 Å². The fourth-order valence-corrected chi connectivity index (χ4v) is 2.04. The summed E-state index contributed by atoms with van der Waals surface area (Å²) in [4.78, 5) is 11.6. The zero-order valence-electron chi connectivity index (χ0n) is 13.1. The van der Waals surface area contributed by atoms with Gasteiger partial charge >= 0.3 is 5.97 Å². The Kier molecular flexibility index (Phi) is 7.31. The zero-order chi connectivity index (χ0) is 14.8. The van der Waals surface area contributed by atoms with Crippen molar-refractivity contribution in [1.29, 1.82) is 0 Å². The molecule has 1 aromatic rings. The molecule has 0 atom stereocenters. The van der Waals surface area contributed by atoms with Crippen LogP contribution in [0, 0.1) is 0 Å². The van der Waals surface area contributed by atoms with Crippen molar-refractivity contribution in [2.75, 3.05) is 34.3 Å². The highest BCUT2D eigenvalue weighted by Crippen LogP contribution is 2.07. The molecule has 0 aromatic heterocycles. The minimum atomic E-state index is -0.0560. The average molecular weight is 278 g/mol. The molecule has 0 N–H and O–H groups in total. The molecular weight excluding hydrogens is 250 g/mol. The first-order chi connectivity index (χ1) is 9.47. The molecule has 0 fully saturated rings. The fraction of sp³-hybridized carbons (Fsp3) is 0.588. The topological polar surface area (TPSA) is 26.3 Å². The fourth-order valence-electron chi connectivity index (χ4n) is 2.04. The third-order valence-electron chi connectivity index (χ3n) is 3.18. The molecule has 1 rings (SSSR count). The summed E-state index contributed by atoms with van der Waals surface area (Å²) in [7, 11) is 6.43. The molecule has 3 heteroatoms. The SMILES string of the molecule is C[N+](C)(C)CCCOC(=O)CCCCc1ccccc1. The zero-order valence-corrected chi connectivity index (χ0v) is 13.1. The monoisotopic (exact) mass is 278 g/mol. The van der Waals surface area contributed by atoms with Crippen LogP contribution in [0.3, 0.4) is 0 Å².